The Morgan fingerprint density at radius 1 is 1.27 bits per heavy atom. The highest BCUT2D eigenvalue weighted by Gasteiger charge is 2.42. The number of rotatable bonds is 3. The Morgan fingerprint density at radius 3 is 2.65 bits per heavy atom. The molecule has 2 N–H and O–H groups in total. The van der Waals surface area contributed by atoms with Gasteiger partial charge in [0, 0.05) is 19.5 Å². The summed E-state index contributed by atoms with van der Waals surface area (Å²) in [5.74, 6) is -1.24. The Morgan fingerprint density at radius 2 is 2.04 bits per heavy atom. The normalized spacial score (nSPS) is 21.8. The van der Waals surface area contributed by atoms with Crippen molar-refractivity contribution in [2.45, 2.75) is 31.5 Å². The molecule has 1 saturated heterocycles. The molecule has 138 valence electrons. The van der Waals surface area contributed by atoms with Crippen LogP contribution in [0.2, 0.25) is 0 Å². The number of carboxylic acid groups (broad SMARTS) is 2. The second kappa shape index (κ2) is 7.07. The first-order valence-corrected chi connectivity index (χ1v) is 8.31. The quantitative estimate of drug-likeness (QED) is 0.854. The third-order valence-corrected chi connectivity index (χ3v) is 4.85. The number of hydrogen-bond acceptors (Lipinski definition) is 4. The number of carbonyl (C=O) groups is 3. The van der Waals surface area contributed by atoms with E-state index in [0.29, 0.717) is 19.5 Å². The van der Waals surface area contributed by atoms with E-state index < -0.39 is 30.3 Å². The number of likely N-dealkylation sites (tertiary alicyclic amines) is 1. The molecule has 2 amide bonds. The fourth-order valence-corrected chi connectivity index (χ4v) is 3.50. The SMILES string of the molecule is C=Cc1cccc2c1CN(C(=O)O[C@@H]1C[C@@H](C(=O)O)N(C(=O)O)C1)CC2. The second-order valence-electron chi connectivity index (χ2n) is 6.39. The van der Waals surface area contributed by atoms with Crippen molar-refractivity contribution < 1.29 is 29.3 Å². The van der Waals surface area contributed by atoms with E-state index in [4.69, 9.17) is 14.9 Å². The summed E-state index contributed by atoms with van der Waals surface area (Å²) >= 11 is 0. The van der Waals surface area contributed by atoms with Gasteiger partial charge in [-0.15, -0.1) is 0 Å². The number of carbonyl (C=O) groups excluding carboxylic acids is 1. The first-order valence-electron chi connectivity index (χ1n) is 8.31. The van der Waals surface area contributed by atoms with E-state index in [2.05, 4.69) is 6.58 Å². The van der Waals surface area contributed by atoms with Crippen molar-refractivity contribution in [3.8, 4) is 0 Å². The summed E-state index contributed by atoms with van der Waals surface area (Å²) in [5.41, 5.74) is 3.15. The molecule has 2 atom stereocenters. The summed E-state index contributed by atoms with van der Waals surface area (Å²) in [7, 11) is 0. The van der Waals surface area contributed by atoms with E-state index in [-0.39, 0.29) is 13.0 Å². The van der Waals surface area contributed by atoms with Gasteiger partial charge in [0.25, 0.3) is 0 Å². The van der Waals surface area contributed by atoms with Crippen molar-refractivity contribution >= 4 is 24.2 Å². The van der Waals surface area contributed by atoms with Crippen molar-refractivity contribution in [3.05, 3.63) is 41.5 Å². The van der Waals surface area contributed by atoms with Crippen LogP contribution >= 0.6 is 0 Å². The standard InChI is InChI=1S/C18H20N2O6/c1-2-11-4-3-5-12-6-7-19(10-14(11)12)18(25)26-13-8-15(16(21)22)20(9-13)17(23)24/h2-5,13,15H,1,6-10H2,(H,21,22)(H,23,24)/t13-,15+/m1/s1. The van der Waals surface area contributed by atoms with Crippen LogP contribution < -0.4 is 0 Å². The lowest BCUT2D eigenvalue weighted by Gasteiger charge is -2.30. The van der Waals surface area contributed by atoms with Crippen LogP contribution in [0.4, 0.5) is 9.59 Å². The fraction of sp³-hybridized carbons (Fsp3) is 0.389. The largest absolute Gasteiger partial charge is 0.480 e. The van der Waals surface area contributed by atoms with Gasteiger partial charge in [-0.05, 0) is 23.1 Å². The average molecular weight is 360 g/mol. The maximum absolute atomic E-state index is 12.5. The molecule has 0 saturated carbocycles. The van der Waals surface area contributed by atoms with Gasteiger partial charge in [0.1, 0.15) is 12.1 Å². The molecule has 2 heterocycles. The number of ether oxygens (including phenoxy) is 1. The van der Waals surface area contributed by atoms with E-state index in [1.807, 2.05) is 18.2 Å². The first-order chi connectivity index (χ1) is 12.4. The van der Waals surface area contributed by atoms with Gasteiger partial charge >= 0.3 is 18.2 Å². The van der Waals surface area contributed by atoms with Crippen molar-refractivity contribution in [2.75, 3.05) is 13.1 Å². The van der Waals surface area contributed by atoms with Crippen LogP contribution in [0.3, 0.4) is 0 Å². The van der Waals surface area contributed by atoms with Crippen LogP contribution in [0.15, 0.2) is 24.8 Å². The molecule has 8 heteroatoms. The minimum Gasteiger partial charge on any atom is -0.480 e. The molecule has 1 aromatic rings. The minimum atomic E-state index is -1.33. The number of amides is 2. The molecule has 3 rings (SSSR count). The summed E-state index contributed by atoms with van der Waals surface area (Å²) in [6.45, 7) is 4.53. The van der Waals surface area contributed by atoms with Crippen LogP contribution in [-0.4, -0.2) is 63.4 Å². The lowest BCUT2D eigenvalue weighted by Crippen LogP contribution is -2.40. The number of fused-ring (bicyclic) bond motifs is 1. The molecular formula is C18H20N2O6. The number of carboxylic acids is 1. The third-order valence-electron chi connectivity index (χ3n) is 4.85. The topological polar surface area (TPSA) is 107 Å². The summed E-state index contributed by atoms with van der Waals surface area (Å²) in [6.07, 6.45) is -0.275. The zero-order valence-electron chi connectivity index (χ0n) is 14.1. The van der Waals surface area contributed by atoms with Crippen molar-refractivity contribution in [1.29, 1.82) is 0 Å². The molecule has 1 aromatic carbocycles. The molecule has 26 heavy (non-hydrogen) atoms. The van der Waals surface area contributed by atoms with Gasteiger partial charge in [-0.2, -0.15) is 0 Å². The van der Waals surface area contributed by atoms with Gasteiger partial charge < -0.3 is 19.8 Å². The number of nitrogens with zero attached hydrogens (tertiary/aromatic N) is 2. The van der Waals surface area contributed by atoms with Gasteiger partial charge in [-0.25, -0.2) is 14.4 Å². The van der Waals surface area contributed by atoms with Crippen molar-refractivity contribution in [3.63, 3.8) is 0 Å². The van der Waals surface area contributed by atoms with Gasteiger partial charge in [-0.1, -0.05) is 30.9 Å². The molecule has 0 bridgehead atoms. The predicted octanol–water partition coefficient (Wildman–Crippen LogP) is 2.03. The van der Waals surface area contributed by atoms with Crippen LogP contribution in [-0.2, 0) is 22.5 Å². The van der Waals surface area contributed by atoms with Crippen LogP contribution in [0, 0.1) is 0 Å². The summed E-state index contributed by atoms with van der Waals surface area (Å²) in [6, 6.07) is 4.71. The maximum atomic E-state index is 12.5. The molecule has 0 spiro atoms. The van der Waals surface area contributed by atoms with Crippen molar-refractivity contribution in [2.24, 2.45) is 0 Å². The molecule has 0 aliphatic carbocycles. The number of hydrogen-bond donors (Lipinski definition) is 2. The monoisotopic (exact) mass is 360 g/mol. The van der Waals surface area contributed by atoms with Crippen LogP contribution in [0.5, 0.6) is 0 Å². The summed E-state index contributed by atoms with van der Waals surface area (Å²) in [4.78, 5) is 37.2. The zero-order chi connectivity index (χ0) is 18.8. The Bertz CT molecular complexity index is 740. The highest BCUT2D eigenvalue weighted by atomic mass is 16.6. The summed E-state index contributed by atoms with van der Waals surface area (Å²) in [5, 5.41) is 18.2. The minimum absolute atomic E-state index is 0.0459. The molecule has 1 fully saturated rings. The maximum Gasteiger partial charge on any atom is 0.410 e. The predicted molar refractivity (Wildman–Crippen MR) is 91.7 cm³/mol. The highest BCUT2D eigenvalue weighted by molar-refractivity contribution is 5.80. The van der Waals surface area contributed by atoms with E-state index in [9.17, 15) is 14.4 Å². The van der Waals surface area contributed by atoms with Crippen molar-refractivity contribution in [1.82, 2.24) is 9.80 Å². The van der Waals surface area contributed by atoms with E-state index in [0.717, 1.165) is 21.6 Å². The number of aliphatic carboxylic acids is 1. The average Bonchev–Trinajstić information content (AvgIpc) is 3.05. The number of benzene rings is 1. The molecule has 2 aliphatic rings. The van der Waals surface area contributed by atoms with Crippen LogP contribution in [0.25, 0.3) is 6.08 Å². The molecular weight excluding hydrogens is 340 g/mol. The first kappa shape index (κ1) is 17.8. The Hall–Kier alpha value is -3.03. The highest BCUT2D eigenvalue weighted by Crippen LogP contribution is 2.26. The van der Waals surface area contributed by atoms with Gasteiger partial charge in [0.15, 0.2) is 0 Å². The second-order valence-corrected chi connectivity index (χ2v) is 6.39. The Labute approximate surface area is 150 Å². The third kappa shape index (κ3) is 3.35. The smallest absolute Gasteiger partial charge is 0.410 e. The lowest BCUT2D eigenvalue weighted by molar-refractivity contribution is -0.141. The zero-order valence-corrected chi connectivity index (χ0v) is 14.1. The van der Waals surface area contributed by atoms with E-state index >= 15 is 0 Å². The Balaban J connectivity index is 1.67. The molecule has 2 aliphatic heterocycles. The fourth-order valence-electron chi connectivity index (χ4n) is 3.50. The molecule has 0 radical (unpaired) electrons. The summed E-state index contributed by atoms with van der Waals surface area (Å²) < 4.78 is 5.39. The van der Waals surface area contributed by atoms with Gasteiger partial charge in [0.05, 0.1) is 6.54 Å². The molecule has 0 aromatic heterocycles. The van der Waals surface area contributed by atoms with Gasteiger partial charge in [-0.3, -0.25) is 4.90 Å². The molecule has 8 nitrogen and oxygen atoms in total. The lowest BCUT2D eigenvalue weighted by atomic mass is 9.95. The van der Waals surface area contributed by atoms with Crippen LogP contribution in [0.1, 0.15) is 23.1 Å². The van der Waals surface area contributed by atoms with Gasteiger partial charge in [0.2, 0.25) is 0 Å². The van der Waals surface area contributed by atoms with E-state index in [1.165, 1.54) is 0 Å². The molecule has 0 unspecified atom stereocenters. The van der Waals surface area contributed by atoms with E-state index in [1.54, 1.807) is 11.0 Å². The Kier molecular flexibility index (Phi) is 4.83.